The molecule has 0 aliphatic rings. The van der Waals surface area contributed by atoms with Crippen molar-refractivity contribution in [1.29, 1.82) is 0 Å². The van der Waals surface area contributed by atoms with Crippen LogP contribution in [0.5, 0.6) is 0 Å². The maximum Gasteiger partial charge on any atom is 0.230 e. The minimum Gasteiger partial charge on any atom is -0.355 e. The number of hydrogen-bond donors (Lipinski definition) is 2. The van der Waals surface area contributed by atoms with Crippen molar-refractivity contribution >= 4 is 17.7 Å². The fourth-order valence-electron chi connectivity index (χ4n) is 1.41. The highest BCUT2D eigenvalue weighted by Crippen LogP contribution is 2.21. The van der Waals surface area contributed by atoms with Crippen LogP contribution in [0.25, 0.3) is 0 Å². The van der Waals surface area contributed by atoms with Crippen molar-refractivity contribution in [3.05, 3.63) is 29.8 Å². The van der Waals surface area contributed by atoms with Crippen LogP contribution < -0.4 is 11.1 Å². The van der Waals surface area contributed by atoms with Crippen molar-refractivity contribution in [2.45, 2.75) is 24.7 Å². The van der Waals surface area contributed by atoms with Crippen molar-refractivity contribution in [3.63, 3.8) is 0 Å². The molecule has 1 aromatic carbocycles. The Bertz CT molecular complexity index is 355. The second kappa shape index (κ2) is 8.14. The van der Waals surface area contributed by atoms with Gasteiger partial charge in [-0.25, -0.2) is 0 Å². The highest BCUT2D eigenvalue weighted by molar-refractivity contribution is 8.00. The fourth-order valence-corrected chi connectivity index (χ4v) is 2.27. The summed E-state index contributed by atoms with van der Waals surface area (Å²) in [5, 5.41) is 2.89. The topological polar surface area (TPSA) is 55.1 Å². The molecular formula is C13H20N2OS. The van der Waals surface area contributed by atoms with E-state index in [9.17, 15) is 4.79 Å². The summed E-state index contributed by atoms with van der Waals surface area (Å²) < 4.78 is 0. The average Bonchev–Trinajstić information content (AvgIpc) is 2.34. The molecule has 0 aliphatic heterocycles. The third-order valence-electron chi connectivity index (χ3n) is 2.41. The van der Waals surface area contributed by atoms with Gasteiger partial charge in [-0.15, -0.1) is 11.8 Å². The van der Waals surface area contributed by atoms with Crippen LogP contribution in [0.3, 0.4) is 0 Å². The summed E-state index contributed by atoms with van der Waals surface area (Å²) in [6, 6.07) is 8.10. The van der Waals surface area contributed by atoms with Gasteiger partial charge in [-0.05, 0) is 37.9 Å². The van der Waals surface area contributed by atoms with E-state index in [1.54, 1.807) is 11.8 Å². The summed E-state index contributed by atoms with van der Waals surface area (Å²) >= 11 is 1.58. The zero-order valence-corrected chi connectivity index (χ0v) is 11.1. The van der Waals surface area contributed by atoms with Crippen LogP contribution in [0.15, 0.2) is 29.2 Å². The van der Waals surface area contributed by atoms with Gasteiger partial charge in [0.05, 0.1) is 5.75 Å². The van der Waals surface area contributed by atoms with E-state index in [1.165, 1.54) is 10.5 Å². The Morgan fingerprint density at radius 1 is 1.35 bits per heavy atom. The molecule has 17 heavy (non-hydrogen) atoms. The van der Waals surface area contributed by atoms with E-state index in [0.29, 0.717) is 12.3 Å². The number of carbonyl (C=O) groups is 1. The highest BCUT2D eigenvalue weighted by Gasteiger charge is 2.03. The normalized spacial score (nSPS) is 10.2. The van der Waals surface area contributed by atoms with Crippen LogP contribution in [0.1, 0.15) is 18.4 Å². The number of aryl methyl sites for hydroxylation is 1. The van der Waals surface area contributed by atoms with Gasteiger partial charge < -0.3 is 11.1 Å². The number of amides is 1. The van der Waals surface area contributed by atoms with Crippen LogP contribution in [-0.2, 0) is 4.79 Å². The molecule has 0 saturated heterocycles. The number of nitrogens with two attached hydrogens (primary N) is 1. The van der Waals surface area contributed by atoms with Gasteiger partial charge in [0.25, 0.3) is 0 Å². The Morgan fingerprint density at radius 3 is 2.82 bits per heavy atom. The minimum atomic E-state index is 0.0928. The molecule has 4 heteroatoms. The molecule has 1 aromatic rings. The third kappa shape index (κ3) is 5.75. The number of thioether (sulfide) groups is 1. The van der Waals surface area contributed by atoms with E-state index >= 15 is 0 Å². The van der Waals surface area contributed by atoms with E-state index in [1.807, 2.05) is 18.2 Å². The Labute approximate surface area is 107 Å². The van der Waals surface area contributed by atoms with Gasteiger partial charge in [0, 0.05) is 11.4 Å². The minimum absolute atomic E-state index is 0.0928. The molecule has 1 amide bonds. The van der Waals surface area contributed by atoms with Crippen molar-refractivity contribution in [2.75, 3.05) is 18.8 Å². The smallest absolute Gasteiger partial charge is 0.230 e. The second-order valence-electron chi connectivity index (χ2n) is 3.90. The van der Waals surface area contributed by atoms with Crippen molar-refractivity contribution in [1.82, 2.24) is 5.32 Å². The highest BCUT2D eigenvalue weighted by atomic mass is 32.2. The summed E-state index contributed by atoms with van der Waals surface area (Å²) in [5.41, 5.74) is 6.60. The predicted octanol–water partition coefficient (Wildman–Crippen LogP) is 1.94. The van der Waals surface area contributed by atoms with Crippen molar-refractivity contribution in [3.8, 4) is 0 Å². The molecule has 0 aromatic heterocycles. The first-order valence-corrected chi connectivity index (χ1v) is 6.88. The van der Waals surface area contributed by atoms with Gasteiger partial charge in [0.2, 0.25) is 5.91 Å². The largest absolute Gasteiger partial charge is 0.355 e. The number of unbranched alkanes of at least 4 members (excludes halogenated alkanes) is 1. The number of carbonyl (C=O) groups excluding carboxylic acids is 1. The summed E-state index contributed by atoms with van der Waals surface area (Å²) in [6.45, 7) is 3.47. The van der Waals surface area contributed by atoms with E-state index in [4.69, 9.17) is 5.73 Å². The molecule has 0 bridgehead atoms. The van der Waals surface area contributed by atoms with Gasteiger partial charge in [0.15, 0.2) is 0 Å². The Kier molecular flexibility index (Phi) is 6.74. The molecule has 3 nitrogen and oxygen atoms in total. The van der Waals surface area contributed by atoms with Crippen molar-refractivity contribution < 1.29 is 4.79 Å². The first kappa shape index (κ1) is 14.1. The standard InChI is InChI=1S/C13H20N2OS/c1-11-6-2-3-7-12(11)17-10-13(16)15-9-5-4-8-14/h2-3,6-7H,4-5,8-10,14H2,1H3,(H,15,16). The average molecular weight is 252 g/mol. The Balaban J connectivity index is 2.22. The Morgan fingerprint density at radius 2 is 2.12 bits per heavy atom. The second-order valence-corrected chi connectivity index (χ2v) is 4.92. The number of rotatable bonds is 7. The van der Waals surface area contributed by atoms with E-state index in [-0.39, 0.29) is 5.91 Å². The van der Waals surface area contributed by atoms with Gasteiger partial charge >= 0.3 is 0 Å². The predicted molar refractivity (Wildman–Crippen MR) is 73.2 cm³/mol. The van der Waals surface area contributed by atoms with Crippen LogP contribution in [0, 0.1) is 6.92 Å². The summed E-state index contributed by atoms with van der Waals surface area (Å²) in [5.74, 6) is 0.572. The van der Waals surface area contributed by atoms with Gasteiger partial charge in [-0.1, -0.05) is 18.2 Å². The zero-order valence-electron chi connectivity index (χ0n) is 10.2. The van der Waals surface area contributed by atoms with Gasteiger partial charge in [-0.3, -0.25) is 4.79 Å². The van der Waals surface area contributed by atoms with Crippen LogP contribution in [0.2, 0.25) is 0 Å². The fraction of sp³-hybridized carbons (Fsp3) is 0.462. The monoisotopic (exact) mass is 252 g/mol. The first-order chi connectivity index (χ1) is 8.24. The molecule has 0 spiro atoms. The van der Waals surface area contributed by atoms with Gasteiger partial charge in [0.1, 0.15) is 0 Å². The summed E-state index contributed by atoms with van der Waals surface area (Å²) in [4.78, 5) is 12.7. The molecule has 0 aliphatic carbocycles. The molecule has 0 atom stereocenters. The molecule has 0 heterocycles. The lowest BCUT2D eigenvalue weighted by Gasteiger charge is -2.06. The lowest BCUT2D eigenvalue weighted by atomic mass is 10.2. The molecule has 0 unspecified atom stereocenters. The van der Waals surface area contributed by atoms with Crippen LogP contribution in [-0.4, -0.2) is 24.7 Å². The molecule has 94 valence electrons. The van der Waals surface area contributed by atoms with Crippen molar-refractivity contribution in [2.24, 2.45) is 5.73 Å². The van der Waals surface area contributed by atoms with E-state index in [2.05, 4.69) is 18.3 Å². The summed E-state index contributed by atoms with van der Waals surface area (Å²) in [7, 11) is 0. The number of benzene rings is 1. The third-order valence-corrected chi connectivity index (χ3v) is 3.58. The molecule has 0 saturated carbocycles. The Hall–Kier alpha value is -1.00. The lowest BCUT2D eigenvalue weighted by Crippen LogP contribution is -2.26. The van der Waals surface area contributed by atoms with Crippen LogP contribution in [0.4, 0.5) is 0 Å². The number of hydrogen-bond acceptors (Lipinski definition) is 3. The van der Waals surface area contributed by atoms with E-state index in [0.717, 1.165) is 19.4 Å². The molecule has 3 N–H and O–H groups in total. The molecule has 0 fully saturated rings. The molecule has 0 radical (unpaired) electrons. The van der Waals surface area contributed by atoms with Gasteiger partial charge in [-0.2, -0.15) is 0 Å². The zero-order chi connectivity index (χ0) is 12.5. The van der Waals surface area contributed by atoms with Crippen LogP contribution >= 0.6 is 11.8 Å². The first-order valence-electron chi connectivity index (χ1n) is 5.89. The maximum atomic E-state index is 11.5. The molecular weight excluding hydrogens is 232 g/mol. The summed E-state index contributed by atoms with van der Waals surface area (Å²) in [6.07, 6.45) is 1.92. The molecule has 1 rings (SSSR count). The maximum absolute atomic E-state index is 11.5. The SMILES string of the molecule is Cc1ccccc1SCC(=O)NCCCCN. The van der Waals surface area contributed by atoms with E-state index < -0.39 is 0 Å². The number of nitrogens with one attached hydrogen (secondary N) is 1. The quantitative estimate of drug-likeness (QED) is 0.576. The lowest BCUT2D eigenvalue weighted by molar-refractivity contribution is -0.118.